The van der Waals surface area contributed by atoms with E-state index in [1.165, 1.54) is 11.1 Å². The van der Waals surface area contributed by atoms with Crippen molar-refractivity contribution in [1.82, 2.24) is 9.80 Å². The van der Waals surface area contributed by atoms with Crippen LogP contribution in [0.15, 0.2) is 84.9 Å². The molecule has 0 bridgehead atoms. The van der Waals surface area contributed by atoms with Crippen LogP contribution in [0.25, 0.3) is 0 Å². The van der Waals surface area contributed by atoms with Gasteiger partial charge < -0.3 is 4.90 Å². The fourth-order valence-electron chi connectivity index (χ4n) is 4.05. The highest BCUT2D eigenvalue weighted by atomic mass is 35.5. The second-order valence-electron chi connectivity index (χ2n) is 7.45. The Labute approximate surface area is 177 Å². The lowest BCUT2D eigenvalue weighted by Gasteiger charge is -2.40. The molecule has 3 nitrogen and oxygen atoms in total. The Morgan fingerprint density at radius 3 is 1.93 bits per heavy atom. The number of piperazine rings is 1. The number of amides is 1. The highest BCUT2D eigenvalue weighted by Gasteiger charge is 2.28. The quantitative estimate of drug-likeness (QED) is 0.608. The minimum Gasteiger partial charge on any atom is -0.340 e. The van der Waals surface area contributed by atoms with Gasteiger partial charge in [0, 0.05) is 31.2 Å². The molecule has 0 aromatic heterocycles. The van der Waals surface area contributed by atoms with E-state index in [0.717, 1.165) is 31.7 Å². The molecule has 4 rings (SSSR count). The number of carbonyl (C=O) groups is 1. The molecule has 1 saturated heterocycles. The fraction of sp³-hybridized carbons (Fsp3) is 0.240. The largest absolute Gasteiger partial charge is 0.340 e. The van der Waals surface area contributed by atoms with Gasteiger partial charge in [0.15, 0.2) is 0 Å². The predicted molar refractivity (Wildman–Crippen MR) is 118 cm³/mol. The first-order chi connectivity index (χ1) is 14.2. The minimum absolute atomic E-state index is 0.169. The van der Waals surface area contributed by atoms with Crippen molar-refractivity contribution in [1.29, 1.82) is 0 Å². The number of hydrogen-bond donors (Lipinski definition) is 0. The van der Waals surface area contributed by atoms with E-state index in [2.05, 4.69) is 65.6 Å². The normalized spacial score (nSPS) is 14.9. The van der Waals surface area contributed by atoms with Gasteiger partial charge in [0.25, 0.3) is 0 Å². The maximum atomic E-state index is 12.8. The summed E-state index contributed by atoms with van der Waals surface area (Å²) >= 11 is 6.05. The lowest BCUT2D eigenvalue weighted by molar-refractivity contribution is -0.132. The van der Waals surface area contributed by atoms with Crippen LogP contribution in [0.3, 0.4) is 0 Å². The van der Waals surface area contributed by atoms with Crippen molar-refractivity contribution in [3.8, 4) is 0 Å². The number of hydrogen-bond acceptors (Lipinski definition) is 2. The third kappa shape index (κ3) is 4.87. The third-order valence-electron chi connectivity index (χ3n) is 5.51. The molecular weight excluding hydrogens is 380 g/mol. The van der Waals surface area contributed by atoms with Crippen LogP contribution in [-0.4, -0.2) is 41.9 Å². The number of carbonyl (C=O) groups excluding carboxylic acids is 1. The van der Waals surface area contributed by atoms with Gasteiger partial charge in [0.2, 0.25) is 5.91 Å². The molecule has 0 unspecified atom stereocenters. The smallest absolute Gasteiger partial charge is 0.227 e. The Morgan fingerprint density at radius 1 is 0.793 bits per heavy atom. The van der Waals surface area contributed by atoms with Crippen LogP contribution in [0, 0.1) is 0 Å². The molecule has 1 fully saturated rings. The molecular formula is C25H25ClN2O. The Kier molecular flexibility index (Phi) is 6.28. The van der Waals surface area contributed by atoms with Crippen LogP contribution >= 0.6 is 11.6 Å². The molecule has 0 spiro atoms. The molecule has 29 heavy (non-hydrogen) atoms. The molecule has 3 aromatic carbocycles. The number of benzene rings is 3. The van der Waals surface area contributed by atoms with E-state index in [9.17, 15) is 4.79 Å². The topological polar surface area (TPSA) is 23.6 Å². The maximum Gasteiger partial charge on any atom is 0.227 e. The van der Waals surface area contributed by atoms with Crippen molar-refractivity contribution in [3.63, 3.8) is 0 Å². The van der Waals surface area contributed by atoms with Gasteiger partial charge in [-0.05, 0) is 28.8 Å². The summed E-state index contributed by atoms with van der Waals surface area (Å²) in [5, 5.41) is 0.675. The van der Waals surface area contributed by atoms with Crippen LogP contribution in [0.2, 0.25) is 5.02 Å². The van der Waals surface area contributed by atoms with Crippen molar-refractivity contribution in [2.45, 2.75) is 12.5 Å². The van der Waals surface area contributed by atoms with Crippen LogP contribution in [-0.2, 0) is 11.2 Å². The van der Waals surface area contributed by atoms with Crippen LogP contribution in [0.5, 0.6) is 0 Å². The Balaban J connectivity index is 1.45. The summed E-state index contributed by atoms with van der Waals surface area (Å²) in [5.74, 6) is 0.169. The van der Waals surface area contributed by atoms with Crippen molar-refractivity contribution < 1.29 is 4.79 Å². The van der Waals surface area contributed by atoms with Gasteiger partial charge >= 0.3 is 0 Å². The standard InChI is InChI=1S/C25H25ClN2O/c26-23-13-7-8-20(18-23)19-24(29)27-14-16-28(17-15-27)25(21-9-3-1-4-10-21)22-11-5-2-6-12-22/h1-13,18,25H,14-17,19H2. The van der Waals surface area contributed by atoms with Gasteiger partial charge in [-0.1, -0.05) is 84.4 Å². The van der Waals surface area contributed by atoms with Gasteiger partial charge in [-0.2, -0.15) is 0 Å². The maximum absolute atomic E-state index is 12.8. The summed E-state index contributed by atoms with van der Waals surface area (Å²) in [6.07, 6.45) is 0.404. The van der Waals surface area contributed by atoms with Gasteiger partial charge in [0.05, 0.1) is 12.5 Å². The van der Waals surface area contributed by atoms with E-state index in [-0.39, 0.29) is 11.9 Å². The highest BCUT2D eigenvalue weighted by Crippen LogP contribution is 2.29. The molecule has 1 amide bonds. The van der Waals surface area contributed by atoms with E-state index in [1.54, 1.807) is 0 Å². The van der Waals surface area contributed by atoms with Crippen molar-refractivity contribution in [3.05, 3.63) is 107 Å². The molecule has 0 N–H and O–H groups in total. The Morgan fingerprint density at radius 2 is 1.38 bits per heavy atom. The van der Waals surface area contributed by atoms with E-state index < -0.39 is 0 Å². The molecule has 0 atom stereocenters. The number of rotatable bonds is 5. The molecule has 1 heterocycles. The Bertz CT molecular complexity index is 898. The van der Waals surface area contributed by atoms with E-state index in [1.807, 2.05) is 29.2 Å². The second kappa shape index (κ2) is 9.25. The first-order valence-corrected chi connectivity index (χ1v) is 10.4. The SMILES string of the molecule is O=C(Cc1cccc(Cl)c1)N1CCN(C(c2ccccc2)c2ccccc2)CC1. The van der Waals surface area contributed by atoms with Crippen molar-refractivity contribution >= 4 is 17.5 Å². The molecule has 0 saturated carbocycles. The summed E-state index contributed by atoms with van der Waals surface area (Å²) in [5.41, 5.74) is 3.55. The zero-order valence-corrected chi connectivity index (χ0v) is 17.1. The summed E-state index contributed by atoms with van der Waals surface area (Å²) in [4.78, 5) is 17.2. The number of nitrogens with zero attached hydrogens (tertiary/aromatic N) is 2. The summed E-state index contributed by atoms with van der Waals surface area (Å²) in [6.45, 7) is 3.20. The molecule has 1 aliphatic heterocycles. The average molecular weight is 405 g/mol. The molecule has 4 heteroatoms. The van der Waals surface area contributed by atoms with Crippen LogP contribution in [0.4, 0.5) is 0 Å². The van der Waals surface area contributed by atoms with E-state index in [4.69, 9.17) is 11.6 Å². The van der Waals surface area contributed by atoms with E-state index >= 15 is 0 Å². The zero-order chi connectivity index (χ0) is 20.1. The third-order valence-corrected chi connectivity index (χ3v) is 5.74. The first kappa shape index (κ1) is 19.7. The molecule has 3 aromatic rings. The Hall–Kier alpha value is -2.62. The van der Waals surface area contributed by atoms with Crippen molar-refractivity contribution in [2.75, 3.05) is 26.2 Å². The lowest BCUT2D eigenvalue weighted by Crippen LogP contribution is -2.50. The monoisotopic (exact) mass is 404 g/mol. The van der Waals surface area contributed by atoms with Crippen LogP contribution in [0.1, 0.15) is 22.7 Å². The fourth-order valence-corrected chi connectivity index (χ4v) is 4.26. The van der Waals surface area contributed by atoms with Gasteiger partial charge in [-0.3, -0.25) is 9.69 Å². The number of halogens is 1. The summed E-state index contributed by atoms with van der Waals surface area (Å²) < 4.78 is 0. The van der Waals surface area contributed by atoms with Gasteiger partial charge in [0.1, 0.15) is 0 Å². The molecule has 148 valence electrons. The van der Waals surface area contributed by atoms with E-state index in [0.29, 0.717) is 11.4 Å². The summed E-state index contributed by atoms with van der Waals surface area (Å²) in [7, 11) is 0. The first-order valence-electron chi connectivity index (χ1n) is 10.1. The molecule has 1 aliphatic rings. The van der Waals surface area contributed by atoms with Gasteiger partial charge in [-0.25, -0.2) is 0 Å². The van der Waals surface area contributed by atoms with Crippen LogP contribution < -0.4 is 0 Å². The van der Waals surface area contributed by atoms with Gasteiger partial charge in [-0.15, -0.1) is 0 Å². The average Bonchev–Trinajstić information content (AvgIpc) is 2.76. The molecule has 0 radical (unpaired) electrons. The predicted octanol–water partition coefficient (Wildman–Crippen LogP) is 4.82. The minimum atomic E-state index is 0.169. The zero-order valence-electron chi connectivity index (χ0n) is 16.4. The molecule has 0 aliphatic carbocycles. The van der Waals surface area contributed by atoms with Crippen molar-refractivity contribution in [2.24, 2.45) is 0 Å². The summed E-state index contributed by atoms with van der Waals surface area (Å²) in [6, 6.07) is 29.0. The highest BCUT2D eigenvalue weighted by molar-refractivity contribution is 6.30. The second-order valence-corrected chi connectivity index (χ2v) is 7.88. The lowest BCUT2D eigenvalue weighted by atomic mass is 9.96.